The average Bonchev–Trinajstić information content (AvgIpc) is 3.26. The molecule has 13 nitrogen and oxygen atoms in total. The molecule has 1 saturated carbocycles. The normalized spacial score (nSPS) is 37.5. The molecule has 3 N–H and O–H groups in total. The number of aliphatic hydroxyl groups is 3. The van der Waals surface area contributed by atoms with Gasteiger partial charge in [-0.05, 0) is 113 Å². The summed E-state index contributed by atoms with van der Waals surface area (Å²) in [6.45, 7) is 12.8. The van der Waals surface area contributed by atoms with Crippen molar-refractivity contribution in [3.8, 4) is 0 Å². The number of allylic oxidation sites excluding steroid dienone is 6. The molecular formula is C50H77NO12. The lowest BCUT2D eigenvalue weighted by molar-refractivity contribution is -0.265. The Morgan fingerprint density at radius 2 is 1.57 bits per heavy atom. The maximum Gasteiger partial charge on any atom is 0.329 e. The summed E-state index contributed by atoms with van der Waals surface area (Å²) in [6, 6.07) is -1.12. The third-order valence-corrected chi connectivity index (χ3v) is 14.1. The predicted molar refractivity (Wildman–Crippen MR) is 239 cm³/mol. The van der Waals surface area contributed by atoms with Crippen molar-refractivity contribution in [3.05, 3.63) is 47.6 Å². The number of esters is 1. The lowest BCUT2D eigenvalue weighted by atomic mass is 9.80. The van der Waals surface area contributed by atoms with E-state index in [0.717, 1.165) is 18.4 Å². The fourth-order valence-corrected chi connectivity index (χ4v) is 9.85. The molecule has 0 radical (unpaired) electrons. The van der Waals surface area contributed by atoms with Gasteiger partial charge in [-0.15, -0.1) is 0 Å². The number of hydrogen-bond acceptors (Lipinski definition) is 12. The highest BCUT2D eigenvalue weighted by molar-refractivity contribution is 6.39. The number of ether oxygens (including phenoxy) is 4. The zero-order chi connectivity index (χ0) is 46.6. The molecule has 2 bridgehead atoms. The van der Waals surface area contributed by atoms with E-state index >= 15 is 0 Å². The smallest absolute Gasteiger partial charge is 0.329 e. The van der Waals surface area contributed by atoms with Crippen molar-refractivity contribution in [2.75, 3.05) is 20.8 Å². The summed E-state index contributed by atoms with van der Waals surface area (Å²) in [6.07, 6.45) is 13.2. The largest absolute Gasteiger partial charge is 0.460 e. The highest BCUT2D eigenvalue weighted by Crippen LogP contribution is 2.37. The Bertz CT molecular complexity index is 1690. The van der Waals surface area contributed by atoms with Gasteiger partial charge in [-0.2, -0.15) is 0 Å². The van der Waals surface area contributed by atoms with Crippen LogP contribution in [0.5, 0.6) is 0 Å². The van der Waals surface area contributed by atoms with E-state index in [-0.39, 0.29) is 54.8 Å². The molecule has 3 aliphatic heterocycles. The van der Waals surface area contributed by atoms with Gasteiger partial charge < -0.3 is 39.2 Å². The van der Waals surface area contributed by atoms with Gasteiger partial charge in [0.2, 0.25) is 5.79 Å². The van der Waals surface area contributed by atoms with E-state index in [1.165, 1.54) is 12.0 Å². The van der Waals surface area contributed by atoms with Crippen LogP contribution in [-0.2, 0) is 42.9 Å². The number of piperidine rings is 1. The predicted octanol–water partition coefficient (Wildman–Crippen LogP) is 6.56. The molecule has 3 heterocycles. The standard InChI is InChI=1S/C50H77NO12/c1-30-15-11-10-12-16-31(2)42(60-8)28-39-23-18-36(7)50(59,63-39)47(56)48(57)51-24-14-13-17-40(51)49(58)62-43(33(4)27-37-19-21-38(52)22-20-37)29-41(53)32(3)26-35(6)45(55)46(61-9)44(54)34(5)25-30/h10-12,15-16,26,30,33-40,42-43,45-46,52,55,59H,13-14,17-25,27-29H2,1-9H3/t30-,33-,34-,35?,36-,37?,38?,39+,40?,42+,43+,45-,46+,50-/m1/s1. The van der Waals surface area contributed by atoms with Crippen LogP contribution < -0.4 is 0 Å². The van der Waals surface area contributed by atoms with Crippen LogP contribution in [0.25, 0.3) is 0 Å². The minimum absolute atomic E-state index is 0.0300. The fraction of sp³-hybridized carbons (Fsp3) is 0.740. The van der Waals surface area contributed by atoms with Crippen LogP contribution in [0.15, 0.2) is 47.6 Å². The number of rotatable bonds is 5. The van der Waals surface area contributed by atoms with E-state index in [1.807, 2.05) is 58.1 Å². The van der Waals surface area contributed by atoms with Gasteiger partial charge >= 0.3 is 5.97 Å². The Morgan fingerprint density at radius 1 is 0.873 bits per heavy atom. The molecule has 354 valence electrons. The number of ketones is 3. The van der Waals surface area contributed by atoms with E-state index in [1.54, 1.807) is 34.0 Å². The first kappa shape index (κ1) is 52.3. The Kier molecular flexibility index (Phi) is 20.1. The van der Waals surface area contributed by atoms with E-state index in [0.29, 0.717) is 63.4 Å². The molecule has 4 rings (SSSR count). The summed E-state index contributed by atoms with van der Waals surface area (Å²) >= 11 is 0. The molecule has 13 heteroatoms. The first-order valence-electron chi connectivity index (χ1n) is 23.5. The molecule has 12 atom stereocenters. The number of carbonyl (C=O) groups excluding carboxylic acids is 5. The van der Waals surface area contributed by atoms with E-state index in [9.17, 15) is 39.3 Å². The molecule has 63 heavy (non-hydrogen) atoms. The molecular weight excluding hydrogens is 807 g/mol. The van der Waals surface area contributed by atoms with Crippen LogP contribution in [-0.4, -0.2) is 119 Å². The monoisotopic (exact) mass is 884 g/mol. The number of fused-ring (bicyclic) bond motifs is 3. The lowest BCUT2D eigenvalue weighted by Gasteiger charge is -2.42. The minimum Gasteiger partial charge on any atom is -0.460 e. The van der Waals surface area contributed by atoms with Crippen molar-refractivity contribution < 1.29 is 58.2 Å². The second-order valence-electron chi connectivity index (χ2n) is 19.3. The molecule has 1 amide bonds. The fourth-order valence-electron chi connectivity index (χ4n) is 9.85. The van der Waals surface area contributed by atoms with E-state index in [2.05, 4.69) is 0 Å². The molecule has 0 spiro atoms. The van der Waals surface area contributed by atoms with Crippen LogP contribution in [0, 0.1) is 35.5 Å². The van der Waals surface area contributed by atoms with Crippen molar-refractivity contribution >= 4 is 29.2 Å². The first-order chi connectivity index (χ1) is 29.8. The molecule has 3 fully saturated rings. The van der Waals surface area contributed by atoms with Gasteiger partial charge in [-0.1, -0.05) is 71.1 Å². The van der Waals surface area contributed by atoms with Gasteiger partial charge in [0, 0.05) is 51.4 Å². The van der Waals surface area contributed by atoms with Crippen LogP contribution in [0.2, 0.25) is 0 Å². The molecule has 2 unspecified atom stereocenters. The molecule has 1 aliphatic carbocycles. The first-order valence-corrected chi connectivity index (χ1v) is 23.5. The summed E-state index contributed by atoms with van der Waals surface area (Å²) in [5.41, 5.74) is 1.22. The summed E-state index contributed by atoms with van der Waals surface area (Å²) in [5, 5.41) is 33.5. The quantitative estimate of drug-likeness (QED) is 0.200. The maximum atomic E-state index is 14.3. The molecule has 0 aromatic carbocycles. The van der Waals surface area contributed by atoms with Gasteiger partial charge in [-0.3, -0.25) is 19.2 Å². The molecule has 0 aromatic heterocycles. The minimum atomic E-state index is -2.42. The average molecular weight is 884 g/mol. The highest BCUT2D eigenvalue weighted by atomic mass is 16.6. The van der Waals surface area contributed by atoms with Crippen LogP contribution >= 0.6 is 0 Å². The lowest BCUT2D eigenvalue weighted by Crippen LogP contribution is -2.61. The van der Waals surface area contributed by atoms with Crippen LogP contribution in [0.3, 0.4) is 0 Å². The summed E-state index contributed by atoms with van der Waals surface area (Å²) in [5.74, 6) is -7.58. The van der Waals surface area contributed by atoms with Gasteiger partial charge in [0.15, 0.2) is 11.6 Å². The molecule has 4 aliphatic rings. The van der Waals surface area contributed by atoms with Gasteiger partial charge in [0.25, 0.3) is 11.7 Å². The number of methoxy groups -OCH3 is 2. The van der Waals surface area contributed by atoms with Gasteiger partial charge in [-0.25, -0.2) is 4.79 Å². The van der Waals surface area contributed by atoms with Crippen molar-refractivity contribution in [2.24, 2.45) is 35.5 Å². The summed E-state index contributed by atoms with van der Waals surface area (Å²) in [7, 11) is 2.97. The van der Waals surface area contributed by atoms with Crippen molar-refractivity contribution in [1.82, 2.24) is 4.90 Å². The Morgan fingerprint density at radius 3 is 2.24 bits per heavy atom. The Hall–Kier alpha value is -3.33. The number of aliphatic hydroxyl groups excluding tert-OH is 2. The maximum absolute atomic E-state index is 14.3. The number of carbonyl (C=O) groups is 5. The Balaban J connectivity index is 1.69. The van der Waals surface area contributed by atoms with Gasteiger partial charge in [0.1, 0.15) is 18.2 Å². The molecule has 2 saturated heterocycles. The van der Waals surface area contributed by atoms with Crippen molar-refractivity contribution in [2.45, 2.75) is 180 Å². The SMILES string of the molecule is CO[C@H]1C[C@@H]2CC[C@@H](C)[C@@](O)(O2)C(=O)C(=O)N2CCCCC2C(=O)O[C@H]([C@H](C)CC2CCC(O)CC2)CC(=O)C(C)=CC(C)[C@@H](O)[C@@H](OC)C(=O)[C@H](C)C[C@H](C)C=CC=CC=C1C. The second-order valence-corrected chi connectivity index (χ2v) is 19.3. The van der Waals surface area contributed by atoms with Gasteiger partial charge in [0.05, 0.1) is 24.4 Å². The number of Topliss-reactive ketones (excluding diaryl/α,β-unsaturated/α-hetero) is 3. The van der Waals surface area contributed by atoms with E-state index < -0.39 is 77.8 Å². The van der Waals surface area contributed by atoms with Crippen molar-refractivity contribution in [1.29, 1.82) is 0 Å². The number of cyclic esters (lactones) is 1. The third-order valence-electron chi connectivity index (χ3n) is 14.1. The highest BCUT2D eigenvalue weighted by Gasteiger charge is 2.53. The van der Waals surface area contributed by atoms with Crippen molar-refractivity contribution in [3.63, 3.8) is 0 Å². The van der Waals surface area contributed by atoms with Crippen LogP contribution in [0.1, 0.15) is 132 Å². The zero-order valence-corrected chi connectivity index (χ0v) is 39.3. The summed E-state index contributed by atoms with van der Waals surface area (Å²) < 4.78 is 23.8. The topological polar surface area (TPSA) is 186 Å². The molecule has 0 aromatic rings. The zero-order valence-electron chi connectivity index (χ0n) is 39.3. The number of nitrogens with zero attached hydrogens (tertiary/aromatic N) is 1. The van der Waals surface area contributed by atoms with E-state index in [4.69, 9.17) is 18.9 Å². The third kappa shape index (κ3) is 14.1. The summed E-state index contributed by atoms with van der Waals surface area (Å²) in [4.78, 5) is 71.5. The Labute approximate surface area is 375 Å². The van der Waals surface area contributed by atoms with Crippen LogP contribution in [0.4, 0.5) is 0 Å². The second kappa shape index (κ2) is 24.3. The number of amides is 1. The number of hydrogen-bond donors (Lipinski definition) is 3.